The van der Waals surface area contributed by atoms with Crippen LogP contribution in [-0.4, -0.2) is 14.5 Å². The second-order valence-corrected chi connectivity index (χ2v) is 5.68. The van der Waals surface area contributed by atoms with Crippen molar-refractivity contribution in [1.29, 1.82) is 0 Å². The maximum absolute atomic E-state index is 5.43. The Balaban J connectivity index is 2.42. The molecule has 0 bridgehead atoms. The fourth-order valence-corrected chi connectivity index (χ4v) is 2.84. The topological polar surface area (TPSA) is 33.6 Å². The van der Waals surface area contributed by atoms with E-state index in [-0.39, 0.29) is 0 Å². The zero-order valence-electron chi connectivity index (χ0n) is 10.6. The molecule has 2 heterocycles. The number of hydrogen-bond donors (Lipinski definition) is 1. The van der Waals surface area contributed by atoms with Crippen molar-refractivity contribution in [3.05, 3.63) is 50.8 Å². The molecule has 1 aromatic carbocycles. The molecule has 0 radical (unpaired) electrons. The van der Waals surface area contributed by atoms with Gasteiger partial charge in [0.05, 0.1) is 11.2 Å². The smallest absolute Gasteiger partial charge is 0.184 e. The number of fused-ring (bicyclic) bond motifs is 1. The number of benzene rings is 1. The zero-order valence-corrected chi connectivity index (χ0v) is 13.0. The number of aryl methyl sites for hydroxylation is 2. The molecular formula is C14H12BrN3S. The van der Waals surface area contributed by atoms with Gasteiger partial charge in [0, 0.05) is 10.2 Å². The lowest BCUT2D eigenvalue weighted by atomic mass is 10.2. The number of hydrogen-bond acceptors (Lipinski definition) is 2. The van der Waals surface area contributed by atoms with Gasteiger partial charge in [-0.2, -0.15) is 0 Å². The molecule has 1 N–H and O–H groups in total. The summed E-state index contributed by atoms with van der Waals surface area (Å²) in [4.78, 5) is 7.78. The standard InChI is InChI=1S/C14H12BrN3S/c1-8-4-3-5-11(12(8)15)18-13-10(17-14(18)19)7-6-9(2)16-13/h3-7H,1-2H3,(H,17,19). The van der Waals surface area contributed by atoms with Gasteiger partial charge in [-0.05, 0) is 65.8 Å². The molecule has 0 spiro atoms. The van der Waals surface area contributed by atoms with E-state index in [0.717, 1.165) is 27.0 Å². The van der Waals surface area contributed by atoms with Crippen LogP contribution in [0, 0.1) is 18.6 Å². The minimum absolute atomic E-state index is 0.652. The molecule has 3 aromatic rings. The molecule has 0 aliphatic heterocycles. The highest BCUT2D eigenvalue weighted by Gasteiger charge is 2.11. The van der Waals surface area contributed by atoms with Crippen molar-refractivity contribution in [2.24, 2.45) is 0 Å². The van der Waals surface area contributed by atoms with Gasteiger partial charge in [-0.25, -0.2) is 4.98 Å². The number of halogens is 1. The molecule has 5 heteroatoms. The average molecular weight is 334 g/mol. The first-order chi connectivity index (χ1) is 9.08. The Hall–Kier alpha value is -1.46. The number of H-pyrrole nitrogens is 1. The minimum Gasteiger partial charge on any atom is -0.329 e. The van der Waals surface area contributed by atoms with Crippen LogP contribution in [0.3, 0.4) is 0 Å². The lowest BCUT2D eigenvalue weighted by molar-refractivity contribution is 1.03. The van der Waals surface area contributed by atoms with Crippen LogP contribution in [0.4, 0.5) is 0 Å². The quantitative estimate of drug-likeness (QED) is 0.667. The fraction of sp³-hybridized carbons (Fsp3) is 0.143. The summed E-state index contributed by atoms with van der Waals surface area (Å²) in [6, 6.07) is 10.1. The van der Waals surface area contributed by atoms with Gasteiger partial charge < -0.3 is 4.98 Å². The molecule has 0 atom stereocenters. The Morgan fingerprint density at radius 3 is 2.79 bits per heavy atom. The third kappa shape index (κ3) is 2.03. The van der Waals surface area contributed by atoms with Crippen LogP contribution in [-0.2, 0) is 0 Å². The summed E-state index contributed by atoms with van der Waals surface area (Å²) < 4.78 is 3.66. The van der Waals surface area contributed by atoms with Crippen LogP contribution in [0.25, 0.3) is 16.9 Å². The van der Waals surface area contributed by atoms with Crippen molar-refractivity contribution in [1.82, 2.24) is 14.5 Å². The molecule has 0 unspecified atom stereocenters. The third-order valence-electron chi connectivity index (χ3n) is 3.08. The minimum atomic E-state index is 0.652. The zero-order chi connectivity index (χ0) is 13.6. The normalized spacial score (nSPS) is 11.1. The van der Waals surface area contributed by atoms with Gasteiger partial charge in [0.15, 0.2) is 10.4 Å². The van der Waals surface area contributed by atoms with E-state index < -0.39 is 0 Å². The number of nitrogens with one attached hydrogen (secondary N) is 1. The number of nitrogens with zero attached hydrogens (tertiary/aromatic N) is 2. The van der Waals surface area contributed by atoms with Gasteiger partial charge in [-0.3, -0.25) is 4.57 Å². The Bertz CT molecular complexity index is 832. The molecule has 0 saturated heterocycles. The number of aromatic nitrogens is 3. The first-order valence-electron chi connectivity index (χ1n) is 5.92. The summed E-state index contributed by atoms with van der Waals surface area (Å²) in [7, 11) is 0. The van der Waals surface area contributed by atoms with Crippen molar-refractivity contribution in [2.45, 2.75) is 13.8 Å². The summed E-state index contributed by atoms with van der Waals surface area (Å²) in [5.74, 6) is 0. The molecule has 0 saturated carbocycles. The molecule has 3 rings (SSSR count). The molecule has 3 nitrogen and oxygen atoms in total. The lowest BCUT2D eigenvalue weighted by Crippen LogP contribution is -1.98. The number of aromatic amines is 1. The van der Waals surface area contributed by atoms with E-state index in [0.29, 0.717) is 4.77 Å². The van der Waals surface area contributed by atoms with E-state index in [2.05, 4.69) is 38.9 Å². The molecule has 0 fully saturated rings. The number of imidazole rings is 1. The van der Waals surface area contributed by atoms with Crippen molar-refractivity contribution >= 4 is 39.3 Å². The maximum atomic E-state index is 5.43. The maximum Gasteiger partial charge on any atom is 0.184 e. The summed E-state index contributed by atoms with van der Waals surface area (Å²) >= 11 is 9.06. The van der Waals surface area contributed by atoms with E-state index in [1.165, 1.54) is 5.56 Å². The monoisotopic (exact) mass is 333 g/mol. The van der Waals surface area contributed by atoms with Gasteiger partial charge in [0.1, 0.15) is 0 Å². The summed E-state index contributed by atoms with van der Waals surface area (Å²) in [5, 5.41) is 0. The fourth-order valence-electron chi connectivity index (χ4n) is 2.11. The van der Waals surface area contributed by atoms with Crippen LogP contribution in [0.15, 0.2) is 34.8 Å². The Labute approximate surface area is 124 Å². The van der Waals surface area contributed by atoms with E-state index in [9.17, 15) is 0 Å². The molecular weight excluding hydrogens is 322 g/mol. The van der Waals surface area contributed by atoms with Crippen molar-refractivity contribution in [3.63, 3.8) is 0 Å². The van der Waals surface area contributed by atoms with E-state index >= 15 is 0 Å². The third-order valence-corrected chi connectivity index (χ3v) is 4.40. The largest absolute Gasteiger partial charge is 0.329 e. The first-order valence-corrected chi connectivity index (χ1v) is 7.12. The summed E-state index contributed by atoms with van der Waals surface area (Å²) in [6.07, 6.45) is 0. The molecule has 96 valence electrons. The van der Waals surface area contributed by atoms with E-state index in [4.69, 9.17) is 12.2 Å². The highest BCUT2D eigenvalue weighted by molar-refractivity contribution is 9.10. The Morgan fingerprint density at radius 2 is 2.00 bits per heavy atom. The van der Waals surface area contributed by atoms with Crippen LogP contribution < -0.4 is 0 Å². The van der Waals surface area contributed by atoms with Crippen molar-refractivity contribution in [3.8, 4) is 5.69 Å². The average Bonchev–Trinajstić information content (AvgIpc) is 2.69. The Kier molecular flexibility index (Phi) is 3.03. The lowest BCUT2D eigenvalue weighted by Gasteiger charge is -2.08. The summed E-state index contributed by atoms with van der Waals surface area (Å²) in [6.45, 7) is 4.04. The Morgan fingerprint density at radius 1 is 1.21 bits per heavy atom. The first kappa shape index (κ1) is 12.6. The van der Waals surface area contributed by atoms with Crippen molar-refractivity contribution in [2.75, 3.05) is 0 Å². The SMILES string of the molecule is Cc1ccc2[nH]c(=S)n(-c3cccc(C)c3Br)c2n1. The second-order valence-electron chi connectivity index (χ2n) is 4.50. The predicted octanol–water partition coefficient (Wildman–Crippen LogP) is 4.46. The molecule has 0 aliphatic rings. The van der Waals surface area contributed by atoms with Crippen LogP contribution in [0.1, 0.15) is 11.3 Å². The highest BCUT2D eigenvalue weighted by atomic mass is 79.9. The second kappa shape index (κ2) is 4.58. The number of rotatable bonds is 1. The molecule has 19 heavy (non-hydrogen) atoms. The van der Waals surface area contributed by atoms with Gasteiger partial charge in [-0.1, -0.05) is 12.1 Å². The van der Waals surface area contributed by atoms with Crippen LogP contribution in [0.5, 0.6) is 0 Å². The van der Waals surface area contributed by atoms with E-state index in [1.54, 1.807) is 0 Å². The van der Waals surface area contributed by atoms with Crippen LogP contribution >= 0.6 is 28.1 Å². The predicted molar refractivity (Wildman–Crippen MR) is 83.4 cm³/mol. The van der Waals surface area contributed by atoms with E-state index in [1.807, 2.05) is 35.8 Å². The molecule has 2 aromatic heterocycles. The van der Waals surface area contributed by atoms with Crippen molar-refractivity contribution < 1.29 is 0 Å². The molecule has 0 aliphatic carbocycles. The van der Waals surface area contributed by atoms with Gasteiger partial charge in [-0.15, -0.1) is 0 Å². The number of pyridine rings is 1. The van der Waals surface area contributed by atoms with Gasteiger partial charge in [0.25, 0.3) is 0 Å². The van der Waals surface area contributed by atoms with Gasteiger partial charge >= 0.3 is 0 Å². The van der Waals surface area contributed by atoms with Gasteiger partial charge in [0.2, 0.25) is 0 Å². The van der Waals surface area contributed by atoms with Crippen LogP contribution in [0.2, 0.25) is 0 Å². The summed E-state index contributed by atoms with van der Waals surface area (Å²) in [5.41, 5.74) is 4.95. The molecule has 0 amide bonds. The highest BCUT2D eigenvalue weighted by Crippen LogP contribution is 2.27.